The summed E-state index contributed by atoms with van der Waals surface area (Å²) in [7, 11) is 5.37. The van der Waals surface area contributed by atoms with Crippen LogP contribution in [0.3, 0.4) is 0 Å². The fourth-order valence-electron chi connectivity index (χ4n) is 5.71. The first-order valence-corrected chi connectivity index (χ1v) is 21.6. The van der Waals surface area contributed by atoms with Crippen molar-refractivity contribution in [1.82, 2.24) is 0 Å². The van der Waals surface area contributed by atoms with E-state index in [4.69, 9.17) is 14.2 Å². The van der Waals surface area contributed by atoms with E-state index in [1.807, 2.05) is 0 Å². The lowest BCUT2D eigenvalue weighted by Gasteiger charge is -2.34. The Balaban J connectivity index is 4.49. The van der Waals surface area contributed by atoms with Crippen LogP contribution in [0.2, 0.25) is 0 Å². The van der Waals surface area contributed by atoms with E-state index < -0.39 is 18.1 Å². The summed E-state index contributed by atoms with van der Waals surface area (Å²) in [6.07, 6.45) is 49.0. The van der Waals surface area contributed by atoms with Crippen LogP contribution >= 0.6 is 0 Å². The summed E-state index contributed by atoms with van der Waals surface area (Å²) in [6.45, 7) is 4.41. The number of ether oxygens (including phenoxy) is 3. The van der Waals surface area contributed by atoms with Gasteiger partial charge in [-0.1, -0.05) is 144 Å². The van der Waals surface area contributed by atoms with Gasteiger partial charge in [0, 0.05) is 19.3 Å². The number of carboxylic acids is 1. The molecule has 8 heteroatoms. The van der Waals surface area contributed by atoms with Crippen LogP contribution in [0.5, 0.6) is 0 Å². The minimum absolute atomic E-state index is 0.00982. The van der Waals surface area contributed by atoms with E-state index in [-0.39, 0.29) is 49.1 Å². The fourth-order valence-corrected chi connectivity index (χ4v) is 5.71. The average Bonchev–Trinajstić information content (AvgIpc) is 3.15. The predicted octanol–water partition coefficient (Wildman–Crippen LogP) is 10.4. The largest absolute Gasteiger partial charge is 0.544 e. The number of likely N-dealkylation sites (N-methyl/N-ethyl adjacent to an activating group) is 1. The van der Waals surface area contributed by atoms with Crippen LogP contribution in [0.15, 0.2) is 85.1 Å². The monoisotopic (exact) mass is 782 g/mol. The van der Waals surface area contributed by atoms with Gasteiger partial charge in [-0.3, -0.25) is 9.59 Å². The van der Waals surface area contributed by atoms with Gasteiger partial charge >= 0.3 is 11.9 Å². The van der Waals surface area contributed by atoms with Gasteiger partial charge < -0.3 is 28.6 Å². The number of hydrogen-bond acceptors (Lipinski definition) is 7. The average molecular weight is 782 g/mol. The highest BCUT2D eigenvalue weighted by atomic mass is 16.6. The molecule has 0 fully saturated rings. The highest BCUT2D eigenvalue weighted by Crippen LogP contribution is 2.12. The number of carboxylic acid groups (broad SMARTS) is 1. The van der Waals surface area contributed by atoms with Gasteiger partial charge in [-0.25, -0.2) is 0 Å². The fraction of sp³-hybridized carbons (Fsp3) is 0.646. The number of esters is 2. The zero-order valence-electron chi connectivity index (χ0n) is 36.0. The van der Waals surface area contributed by atoms with Crippen molar-refractivity contribution in [3.63, 3.8) is 0 Å². The molecule has 0 aliphatic rings. The minimum atomic E-state index is -1.14. The molecule has 0 aromatic heterocycles. The maximum absolute atomic E-state index is 12.7. The summed E-state index contributed by atoms with van der Waals surface area (Å²) < 4.78 is 17.1. The zero-order valence-corrected chi connectivity index (χ0v) is 36.0. The van der Waals surface area contributed by atoms with Crippen molar-refractivity contribution in [3.8, 4) is 0 Å². The van der Waals surface area contributed by atoms with E-state index in [1.165, 1.54) is 44.9 Å². The van der Waals surface area contributed by atoms with E-state index in [1.54, 1.807) is 21.1 Å². The zero-order chi connectivity index (χ0) is 41.4. The van der Waals surface area contributed by atoms with Crippen molar-refractivity contribution in [2.24, 2.45) is 0 Å². The number of quaternary nitrogens is 1. The number of aliphatic carboxylic acids is 1. The minimum Gasteiger partial charge on any atom is -0.544 e. The molecule has 2 unspecified atom stereocenters. The SMILES string of the molecule is CC/C=C/C=C/C=C/CCCCCCCCCC(=O)OCC(COCCC(C(=O)[O-])[N+](C)(C)C)OC(=O)CCC/C=C/C/C=C/C/C=C/C/C=C/CCCCC. The normalized spacial score (nSPS) is 13.8. The Morgan fingerprint density at radius 2 is 1.09 bits per heavy atom. The summed E-state index contributed by atoms with van der Waals surface area (Å²) in [5.74, 6) is -1.84. The Morgan fingerprint density at radius 1 is 0.571 bits per heavy atom. The Hall–Kier alpha value is -3.49. The molecule has 8 nitrogen and oxygen atoms in total. The molecule has 318 valence electrons. The van der Waals surface area contributed by atoms with E-state index in [9.17, 15) is 19.5 Å². The number of unbranched alkanes of at least 4 members (excludes halogenated alkanes) is 11. The molecular weight excluding hydrogens is 703 g/mol. The molecule has 0 rings (SSSR count). The molecule has 2 atom stereocenters. The first-order chi connectivity index (χ1) is 27.1. The van der Waals surface area contributed by atoms with Gasteiger partial charge in [0.05, 0.1) is 40.3 Å². The second kappa shape index (κ2) is 38.4. The van der Waals surface area contributed by atoms with Gasteiger partial charge in [0.25, 0.3) is 0 Å². The summed E-state index contributed by atoms with van der Waals surface area (Å²) in [5.41, 5.74) is 0. The Kier molecular flexibility index (Phi) is 36.0. The number of carbonyl (C=O) groups is 3. The van der Waals surface area contributed by atoms with Crippen LogP contribution in [-0.2, 0) is 28.6 Å². The third-order valence-corrected chi connectivity index (χ3v) is 9.08. The summed E-state index contributed by atoms with van der Waals surface area (Å²) in [4.78, 5) is 36.8. The lowest BCUT2D eigenvalue weighted by atomic mass is 10.1. The maximum atomic E-state index is 12.7. The van der Waals surface area contributed by atoms with E-state index in [0.29, 0.717) is 12.8 Å². The Bertz CT molecular complexity index is 1190. The Labute approximate surface area is 342 Å². The standard InChI is InChI=1S/C48H79NO7/c1-6-8-10-12-14-16-18-20-22-23-25-27-29-31-33-35-37-39-47(51)56-44(42-54-41-40-45(48(52)53)49(3,4)5)43-55-46(50)38-36-34-32-30-28-26-24-21-19-17-15-13-11-9-7-2/h9,11,13-17,19-20,22,25,27,31,33,44-45H,6-8,10,12,18,21,23-24,26,28-30,32,34-43H2,1-5H3/b11-9+,15-13+,16-14+,19-17+,22-20+,27-25+,33-31+. The van der Waals surface area contributed by atoms with Crippen molar-refractivity contribution in [2.45, 2.75) is 161 Å². The summed E-state index contributed by atoms with van der Waals surface area (Å²) in [6, 6.07) is -0.741. The molecule has 0 saturated carbocycles. The van der Waals surface area contributed by atoms with Crippen LogP contribution in [0.4, 0.5) is 0 Å². The number of nitrogens with zero attached hydrogens (tertiary/aromatic N) is 1. The lowest BCUT2D eigenvalue weighted by Crippen LogP contribution is -2.55. The van der Waals surface area contributed by atoms with E-state index in [0.717, 1.165) is 64.2 Å². The second-order valence-electron chi connectivity index (χ2n) is 15.3. The van der Waals surface area contributed by atoms with Gasteiger partial charge in [0.2, 0.25) is 0 Å². The molecule has 56 heavy (non-hydrogen) atoms. The molecule has 0 N–H and O–H groups in total. The number of carbonyl (C=O) groups excluding carboxylic acids is 3. The van der Waals surface area contributed by atoms with Crippen molar-refractivity contribution in [1.29, 1.82) is 0 Å². The van der Waals surface area contributed by atoms with E-state index >= 15 is 0 Å². The Morgan fingerprint density at radius 3 is 1.68 bits per heavy atom. The molecular formula is C48H79NO7. The smallest absolute Gasteiger partial charge is 0.306 e. The van der Waals surface area contributed by atoms with E-state index in [2.05, 4.69) is 98.9 Å². The van der Waals surface area contributed by atoms with Gasteiger partial charge in [-0.05, 0) is 70.6 Å². The number of rotatable bonds is 37. The van der Waals surface area contributed by atoms with Crippen LogP contribution in [0.25, 0.3) is 0 Å². The van der Waals surface area contributed by atoms with Gasteiger partial charge in [-0.15, -0.1) is 0 Å². The highest BCUT2D eigenvalue weighted by Gasteiger charge is 2.25. The van der Waals surface area contributed by atoms with Crippen LogP contribution in [-0.4, -0.2) is 75.5 Å². The van der Waals surface area contributed by atoms with Crippen LogP contribution < -0.4 is 5.11 Å². The number of hydrogen-bond donors (Lipinski definition) is 0. The van der Waals surface area contributed by atoms with Crippen LogP contribution in [0, 0.1) is 0 Å². The lowest BCUT2D eigenvalue weighted by molar-refractivity contribution is -0.889. The van der Waals surface area contributed by atoms with Crippen molar-refractivity contribution in [2.75, 3.05) is 41.0 Å². The van der Waals surface area contributed by atoms with Crippen LogP contribution in [0.1, 0.15) is 149 Å². The maximum Gasteiger partial charge on any atom is 0.306 e. The molecule has 0 aromatic rings. The molecule has 0 bridgehead atoms. The van der Waals surface area contributed by atoms with Crippen molar-refractivity contribution < 1.29 is 38.2 Å². The third kappa shape index (κ3) is 36.2. The van der Waals surface area contributed by atoms with Gasteiger partial charge in [-0.2, -0.15) is 0 Å². The first kappa shape index (κ1) is 52.5. The summed E-state index contributed by atoms with van der Waals surface area (Å²) in [5, 5.41) is 11.6. The molecule has 0 aromatic carbocycles. The molecule has 0 heterocycles. The molecule has 0 saturated heterocycles. The van der Waals surface area contributed by atoms with Crippen molar-refractivity contribution in [3.05, 3.63) is 85.1 Å². The summed E-state index contributed by atoms with van der Waals surface area (Å²) >= 11 is 0. The van der Waals surface area contributed by atoms with Gasteiger partial charge in [0.1, 0.15) is 12.6 Å². The molecule has 0 aliphatic carbocycles. The molecule has 0 radical (unpaired) electrons. The van der Waals surface area contributed by atoms with Gasteiger partial charge in [0.15, 0.2) is 6.10 Å². The molecule has 0 aliphatic heterocycles. The first-order valence-electron chi connectivity index (χ1n) is 21.6. The third-order valence-electron chi connectivity index (χ3n) is 9.08. The molecule has 0 spiro atoms. The quantitative estimate of drug-likeness (QED) is 0.0203. The highest BCUT2D eigenvalue weighted by molar-refractivity contribution is 5.70. The number of allylic oxidation sites excluding steroid dienone is 14. The second-order valence-corrected chi connectivity index (χ2v) is 15.3. The van der Waals surface area contributed by atoms with Crippen molar-refractivity contribution >= 4 is 17.9 Å². The predicted molar refractivity (Wildman–Crippen MR) is 231 cm³/mol. The molecule has 0 amide bonds. The topological polar surface area (TPSA) is 102 Å².